The average Bonchev–Trinajstić information content (AvgIpc) is 2.62. The first kappa shape index (κ1) is 9.32. The normalized spacial score (nSPS) is 21.8. The molecule has 1 aliphatic rings. The molecule has 12 heavy (non-hydrogen) atoms. The molecule has 0 aromatic rings. The van der Waals surface area contributed by atoms with Gasteiger partial charge in [0.2, 0.25) is 0 Å². The number of likely N-dealkylation sites (N-methyl/N-ethyl adjacent to an activating group) is 1. The first-order valence-corrected chi connectivity index (χ1v) is 3.97. The van der Waals surface area contributed by atoms with E-state index in [2.05, 4.69) is 0 Å². The maximum Gasteiger partial charge on any atom is 0.412 e. The fourth-order valence-electron chi connectivity index (χ4n) is 0.718. The summed E-state index contributed by atoms with van der Waals surface area (Å²) < 4.78 is 10.0. The molecular formula is C8H15NO3. The van der Waals surface area contributed by atoms with E-state index in [1.807, 2.05) is 20.8 Å². The highest BCUT2D eigenvalue weighted by molar-refractivity contribution is 5.68. The molecular weight excluding hydrogens is 158 g/mol. The summed E-state index contributed by atoms with van der Waals surface area (Å²) >= 11 is 0. The predicted molar refractivity (Wildman–Crippen MR) is 43.7 cm³/mol. The van der Waals surface area contributed by atoms with Crippen molar-refractivity contribution in [2.75, 3.05) is 13.7 Å². The number of amides is 1. The molecule has 0 aliphatic carbocycles. The molecule has 0 radical (unpaired) electrons. The Hall–Kier alpha value is -0.770. The Balaban J connectivity index is 2.36. The van der Waals surface area contributed by atoms with Gasteiger partial charge in [0.15, 0.2) is 6.23 Å². The van der Waals surface area contributed by atoms with Crippen molar-refractivity contribution < 1.29 is 14.3 Å². The summed E-state index contributed by atoms with van der Waals surface area (Å²) in [7, 11) is 1.67. The van der Waals surface area contributed by atoms with Gasteiger partial charge in [-0.3, -0.25) is 4.90 Å². The number of rotatable bonds is 1. The Bertz CT molecular complexity index is 181. The molecule has 1 fully saturated rings. The van der Waals surface area contributed by atoms with Gasteiger partial charge < -0.3 is 9.47 Å². The monoisotopic (exact) mass is 173 g/mol. The van der Waals surface area contributed by atoms with Crippen LogP contribution in [0.15, 0.2) is 0 Å². The highest BCUT2D eigenvalue weighted by atomic mass is 16.6. The molecule has 0 aromatic carbocycles. The summed E-state index contributed by atoms with van der Waals surface area (Å²) in [6.07, 6.45) is -0.398. The van der Waals surface area contributed by atoms with E-state index in [0.717, 1.165) is 0 Å². The van der Waals surface area contributed by atoms with Crippen LogP contribution >= 0.6 is 0 Å². The van der Waals surface area contributed by atoms with Crippen molar-refractivity contribution >= 4 is 6.09 Å². The van der Waals surface area contributed by atoms with E-state index in [4.69, 9.17) is 9.47 Å². The molecule has 1 amide bonds. The fourth-order valence-corrected chi connectivity index (χ4v) is 0.718. The van der Waals surface area contributed by atoms with Gasteiger partial charge in [0.25, 0.3) is 0 Å². The Kier molecular flexibility index (Phi) is 2.28. The number of epoxide rings is 1. The minimum absolute atomic E-state index is 0.0696. The molecule has 0 saturated carbocycles. The van der Waals surface area contributed by atoms with E-state index in [-0.39, 0.29) is 12.3 Å². The van der Waals surface area contributed by atoms with Gasteiger partial charge in [-0.2, -0.15) is 0 Å². The van der Waals surface area contributed by atoms with Gasteiger partial charge in [-0.15, -0.1) is 0 Å². The second-order valence-corrected chi connectivity index (χ2v) is 3.88. The van der Waals surface area contributed by atoms with Gasteiger partial charge in [0.1, 0.15) is 5.60 Å². The molecule has 1 heterocycles. The van der Waals surface area contributed by atoms with Gasteiger partial charge in [0, 0.05) is 7.05 Å². The van der Waals surface area contributed by atoms with Crippen LogP contribution in [0, 0.1) is 0 Å². The Labute approximate surface area is 72.4 Å². The minimum atomic E-state index is -0.430. The number of ether oxygens (including phenoxy) is 2. The smallest absolute Gasteiger partial charge is 0.412 e. The summed E-state index contributed by atoms with van der Waals surface area (Å²) in [4.78, 5) is 12.7. The summed E-state index contributed by atoms with van der Waals surface area (Å²) in [5.74, 6) is 0. The Morgan fingerprint density at radius 3 is 2.42 bits per heavy atom. The molecule has 1 rings (SSSR count). The number of nitrogens with zero attached hydrogens (tertiary/aromatic N) is 1. The molecule has 4 nitrogen and oxygen atoms in total. The highest BCUT2D eigenvalue weighted by Gasteiger charge is 2.33. The van der Waals surface area contributed by atoms with Gasteiger partial charge in [-0.25, -0.2) is 4.79 Å². The van der Waals surface area contributed by atoms with E-state index in [9.17, 15) is 4.79 Å². The van der Waals surface area contributed by atoms with Crippen LogP contribution < -0.4 is 0 Å². The lowest BCUT2D eigenvalue weighted by Crippen LogP contribution is -2.35. The van der Waals surface area contributed by atoms with Crippen molar-refractivity contribution in [2.24, 2.45) is 0 Å². The standard InChI is InChI=1S/C8H15NO3/c1-8(2,3)12-7(10)9(4)6-5-11-6/h6H,5H2,1-4H3/t6-/m0/s1. The van der Waals surface area contributed by atoms with E-state index in [0.29, 0.717) is 6.61 Å². The summed E-state index contributed by atoms with van der Waals surface area (Å²) in [6.45, 7) is 6.14. The number of carbonyl (C=O) groups is 1. The van der Waals surface area contributed by atoms with Crippen LogP contribution in [0.5, 0.6) is 0 Å². The molecule has 0 N–H and O–H groups in total. The fraction of sp³-hybridized carbons (Fsp3) is 0.875. The minimum Gasteiger partial charge on any atom is -0.444 e. The number of hydrogen-bond donors (Lipinski definition) is 0. The van der Waals surface area contributed by atoms with Crippen LogP contribution in [-0.2, 0) is 9.47 Å². The zero-order valence-corrected chi connectivity index (χ0v) is 7.96. The van der Waals surface area contributed by atoms with Crippen molar-refractivity contribution in [1.29, 1.82) is 0 Å². The van der Waals surface area contributed by atoms with E-state index in [1.54, 1.807) is 7.05 Å². The lowest BCUT2D eigenvalue weighted by atomic mass is 10.2. The average molecular weight is 173 g/mol. The van der Waals surface area contributed by atoms with Crippen LogP contribution in [0.2, 0.25) is 0 Å². The summed E-state index contributed by atoms with van der Waals surface area (Å²) in [5, 5.41) is 0. The Morgan fingerprint density at radius 1 is 1.58 bits per heavy atom. The van der Waals surface area contributed by atoms with E-state index in [1.165, 1.54) is 4.90 Å². The zero-order valence-electron chi connectivity index (χ0n) is 7.96. The van der Waals surface area contributed by atoms with Crippen LogP contribution in [0.1, 0.15) is 20.8 Å². The third-order valence-electron chi connectivity index (χ3n) is 1.43. The molecule has 1 saturated heterocycles. The third kappa shape index (κ3) is 2.70. The SMILES string of the molecule is CN(C(=O)OC(C)(C)C)[C@@H]1CO1. The molecule has 0 bridgehead atoms. The highest BCUT2D eigenvalue weighted by Crippen LogP contribution is 2.16. The Morgan fingerprint density at radius 2 is 2.08 bits per heavy atom. The van der Waals surface area contributed by atoms with Crippen LogP contribution in [0.25, 0.3) is 0 Å². The van der Waals surface area contributed by atoms with Crippen LogP contribution in [0.4, 0.5) is 4.79 Å². The molecule has 0 unspecified atom stereocenters. The molecule has 1 aliphatic heterocycles. The molecule has 70 valence electrons. The van der Waals surface area contributed by atoms with Crippen molar-refractivity contribution in [3.63, 3.8) is 0 Å². The summed E-state index contributed by atoms with van der Waals surface area (Å²) in [5.41, 5.74) is -0.430. The molecule has 4 heteroatoms. The van der Waals surface area contributed by atoms with Gasteiger partial charge in [0.05, 0.1) is 6.61 Å². The van der Waals surface area contributed by atoms with Gasteiger partial charge >= 0.3 is 6.09 Å². The molecule has 0 spiro atoms. The van der Waals surface area contributed by atoms with E-state index >= 15 is 0 Å². The maximum absolute atomic E-state index is 11.3. The molecule has 1 atom stereocenters. The lowest BCUT2D eigenvalue weighted by Gasteiger charge is -2.23. The maximum atomic E-state index is 11.3. The zero-order chi connectivity index (χ0) is 9.35. The second kappa shape index (κ2) is 2.94. The van der Waals surface area contributed by atoms with Crippen molar-refractivity contribution in [1.82, 2.24) is 4.90 Å². The first-order valence-electron chi connectivity index (χ1n) is 3.97. The van der Waals surface area contributed by atoms with Crippen LogP contribution in [-0.4, -0.2) is 36.5 Å². The van der Waals surface area contributed by atoms with Crippen molar-refractivity contribution in [3.05, 3.63) is 0 Å². The lowest BCUT2D eigenvalue weighted by molar-refractivity contribution is 0.0220. The second-order valence-electron chi connectivity index (χ2n) is 3.88. The molecule has 0 aromatic heterocycles. The van der Waals surface area contributed by atoms with Crippen molar-refractivity contribution in [2.45, 2.75) is 32.6 Å². The van der Waals surface area contributed by atoms with Gasteiger partial charge in [-0.05, 0) is 20.8 Å². The number of carbonyl (C=O) groups excluding carboxylic acids is 1. The first-order chi connectivity index (χ1) is 5.40. The summed E-state index contributed by atoms with van der Waals surface area (Å²) in [6, 6.07) is 0. The number of hydrogen-bond acceptors (Lipinski definition) is 3. The largest absolute Gasteiger partial charge is 0.444 e. The van der Waals surface area contributed by atoms with Crippen molar-refractivity contribution in [3.8, 4) is 0 Å². The van der Waals surface area contributed by atoms with Gasteiger partial charge in [-0.1, -0.05) is 0 Å². The topological polar surface area (TPSA) is 42.1 Å². The third-order valence-corrected chi connectivity index (χ3v) is 1.43. The quantitative estimate of drug-likeness (QED) is 0.560. The van der Waals surface area contributed by atoms with E-state index < -0.39 is 5.60 Å². The van der Waals surface area contributed by atoms with Crippen LogP contribution in [0.3, 0.4) is 0 Å². The predicted octanol–water partition coefficient (Wildman–Crippen LogP) is 1.21.